The molecular weight excluding hydrogens is 906 g/mol. The zero-order chi connectivity index (χ0) is 50.0. The highest BCUT2D eigenvalue weighted by molar-refractivity contribution is 5.81. The molecule has 20 atom stereocenters. The number of amides is 3. The van der Waals surface area contributed by atoms with Crippen molar-refractivity contribution in [2.45, 2.75) is 150 Å². The molecule has 4 saturated heterocycles. The lowest BCUT2D eigenvalue weighted by molar-refractivity contribution is -0.338. The van der Waals surface area contributed by atoms with Gasteiger partial charge in [0.05, 0.1) is 25.4 Å². The number of carboxylic acid groups (broad SMARTS) is 1. The fraction of sp³-hybridized carbons (Fsp3) is 0.750. The number of benzene rings is 1. The van der Waals surface area contributed by atoms with E-state index in [0.717, 1.165) is 7.11 Å². The fourth-order valence-corrected chi connectivity index (χ4v) is 8.00. The van der Waals surface area contributed by atoms with Gasteiger partial charge in [0.25, 0.3) is 5.91 Å². The first-order valence-corrected chi connectivity index (χ1v) is 21.0. The van der Waals surface area contributed by atoms with Crippen molar-refractivity contribution in [1.82, 2.24) is 16.0 Å². The van der Waals surface area contributed by atoms with Crippen molar-refractivity contribution in [2.24, 2.45) is 0 Å². The zero-order valence-electron chi connectivity index (χ0n) is 37.3. The number of aliphatic carboxylic acids is 1. The normalized spacial score (nSPS) is 38.7. The highest BCUT2D eigenvalue weighted by Gasteiger charge is 2.54. The molecule has 27 heteroatoms. The van der Waals surface area contributed by atoms with Gasteiger partial charge in [0.2, 0.25) is 11.8 Å². The molecule has 5 rings (SSSR count). The fourth-order valence-electron chi connectivity index (χ4n) is 8.00. The lowest BCUT2D eigenvalue weighted by Crippen LogP contribution is -2.68. The summed E-state index contributed by atoms with van der Waals surface area (Å²) in [4.78, 5) is 47.8. The van der Waals surface area contributed by atoms with Crippen molar-refractivity contribution in [3.05, 3.63) is 23.8 Å². The second-order valence-electron chi connectivity index (χ2n) is 16.1. The Bertz CT molecular complexity index is 1780. The van der Waals surface area contributed by atoms with E-state index in [2.05, 4.69) is 16.0 Å². The number of aromatic hydroxyl groups is 2. The summed E-state index contributed by atoms with van der Waals surface area (Å²) >= 11 is 0. The number of aliphatic hydroxyl groups excluding tert-OH is 8. The number of carbonyl (C=O) groups is 4. The first-order chi connectivity index (χ1) is 31.6. The molecule has 0 radical (unpaired) electrons. The van der Waals surface area contributed by atoms with Gasteiger partial charge in [-0.15, -0.1) is 0 Å². The van der Waals surface area contributed by atoms with E-state index in [1.807, 2.05) is 0 Å². The summed E-state index contributed by atoms with van der Waals surface area (Å²) in [6, 6.07) is 2.21. The van der Waals surface area contributed by atoms with Crippen LogP contribution < -0.4 is 16.0 Å². The SMILES string of the molecule is COC1C(C(=O)O)OC(OC2C(O)C(CO)OC(C)C2NC(C)=O)C(O)C1O.COC1OC(CO)C(O)C(OC2OC(C(=O)NCCc3ccc(O)c(O)c3)C(OC)C(O)C2O)C1NC(C)=O. The summed E-state index contributed by atoms with van der Waals surface area (Å²) in [5, 5.41) is 118. The average molecular weight is 970 g/mol. The number of carboxylic acids is 1. The van der Waals surface area contributed by atoms with Crippen molar-refractivity contribution in [1.29, 1.82) is 0 Å². The molecule has 1 aromatic carbocycles. The summed E-state index contributed by atoms with van der Waals surface area (Å²) in [6.45, 7) is 2.96. The van der Waals surface area contributed by atoms with Gasteiger partial charge in [0.15, 0.2) is 42.6 Å². The molecule has 67 heavy (non-hydrogen) atoms. The predicted molar refractivity (Wildman–Crippen MR) is 218 cm³/mol. The average Bonchev–Trinajstić information content (AvgIpc) is 3.28. The molecule has 0 aromatic heterocycles. The number of aliphatic hydroxyl groups is 8. The maximum Gasteiger partial charge on any atom is 0.335 e. The van der Waals surface area contributed by atoms with Gasteiger partial charge in [0, 0.05) is 41.7 Å². The molecule has 14 N–H and O–H groups in total. The largest absolute Gasteiger partial charge is 0.504 e. The van der Waals surface area contributed by atoms with Crippen LogP contribution in [0.2, 0.25) is 0 Å². The first-order valence-electron chi connectivity index (χ1n) is 21.0. The maximum atomic E-state index is 13.0. The van der Waals surface area contributed by atoms with Gasteiger partial charge in [-0.2, -0.15) is 0 Å². The van der Waals surface area contributed by atoms with Gasteiger partial charge in [-0.1, -0.05) is 6.07 Å². The van der Waals surface area contributed by atoms with Gasteiger partial charge < -0.3 is 115 Å². The standard InChI is InChI=1S/C24H36N2O13.C16H27NO11/c1-10(28)26-15-19(16(31)14(9-27)37-23(15)36-3)38-24-18(33)17(32)20(35-2)21(39-24)22(34)25-7-6-11-4-5-12(29)13(30)8-11;1-5-8(17-6(2)19)12(9(20)7(4-18)26-5)27-16-11(22)10(21)13(25-3)14(28-16)15(23)24/h4-5,8,14-21,23-24,27,29-33H,6-7,9H2,1-3H3,(H,25,34)(H,26,28);5,7-14,16,18,20-22H,4H2,1-3H3,(H,17,19)(H,23,24). The van der Waals surface area contributed by atoms with Crippen LogP contribution in [0.25, 0.3) is 0 Å². The summed E-state index contributed by atoms with van der Waals surface area (Å²) in [7, 11) is 3.65. The predicted octanol–water partition coefficient (Wildman–Crippen LogP) is -6.60. The Labute approximate surface area is 383 Å². The van der Waals surface area contributed by atoms with E-state index in [0.29, 0.717) is 5.56 Å². The summed E-state index contributed by atoms with van der Waals surface area (Å²) in [5.41, 5.74) is 0.624. The Morgan fingerprint density at radius 1 is 0.612 bits per heavy atom. The molecule has 382 valence electrons. The third kappa shape index (κ3) is 13.4. The topological polar surface area (TPSA) is 410 Å². The number of carbonyl (C=O) groups excluding carboxylic acids is 3. The number of phenols is 2. The number of methoxy groups -OCH3 is 3. The van der Waals surface area contributed by atoms with E-state index in [1.165, 1.54) is 40.2 Å². The minimum atomic E-state index is -1.74. The maximum absolute atomic E-state index is 13.0. The second kappa shape index (κ2) is 25.0. The Morgan fingerprint density at radius 2 is 1.10 bits per heavy atom. The smallest absolute Gasteiger partial charge is 0.335 e. The minimum Gasteiger partial charge on any atom is -0.504 e. The first kappa shape index (κ1) is 55.6. The molecule has 0 spiro atoms. The summed E-state index contributed by atoms with van der Waals surface area (Å²) in [5.74, 6) is -3.71. The van der Waals surface area contributed by atoms with Gasteiger partial charge >= 0.3 is 5.97 Å². The van der Waals surface area contributed by atoms with E-state index in [-0.39, 0.29) is 24.5 Å². The zero-order valence-corrected chi connectivity index (χ0v) is 37.3. The number of ether oxygens (including phenoxy) is 9. The van der Waals surface area contributed by atoms with Crippen molar-refractivity contribution in [2.75, 3.05) is 41.1 Å². The molecule has 27 nitrogen and oxygen atoms in total. The van der Waals surface area contributed by atoms with Crippen LogP contribution in [0.3, 0.4) is 0 Å². The van der Waals surface area contributed by atoms with Crippen LogP contribution in [0.4, 0.5) is 0 Å². The molecule has 4 aliphatic heterocycles. The lowest BCUT2D eigenvalue weighted by Gasteiger charge is -2.47. The molecule has 3 amide bonds. The van der Waals surface area contributed by atoms with Gasteiger partial charge in [0.1, 0.15) is 79.3 Å². The van der Waals surface area contributed by atoms with E-state index in [1.54, 1.807) is 13.0 Å². The van der Waals surface area contributed by atoms with E-state index < -0.39 is 159 Å². The van der Waals surface area contributed by atoms with Crippen LogP contribution >= 0.6 is 0 Å². The molecule has 4 aliphatic rings. The van der Waals surface area contributed by atoms with E-state index >= 15 is 0 Å². The molecule has 4 heterocycles. The molecule has 0 bridgehead atoms. The monoisotopic (exact) mass is 969 g/mol. The third-order valence-electron chi connectivity index (χ3n) is 11.4. The molecule has 4 fully saturated rings. The van der Waals surface area contributed by atoms with Crippen molar-refractivity contribution in [3.63, 3.8) is 0 Å². The third-order valence-corrected chi connectivity index (χ3v) is 11.4. The Kier molecular flexibility index (Phi) is 20.8. The molecule has 1 aromatic rings. The van der Waals surface area contributed by atoms with Gasteiger partial charge in [-0.25, -0.2) is 4.79 Å². The number of hydrogen-bond acceptors (Lipinski definition) is 23. The second-order valence-corrected chi connectivity index (χ2v) is 16.1. The lowest BCUT2D eigenvalue weighted by atomic mass is 9.92. The number of hydrogen-bond donors (Lipinski definition) is 14. The minimum absolute atomic E-state index is 0.0838. The van der Waals surface area contributed by atoms with Crippen LogP contribution in [-0.2, 0) is 68.2 Å². The molecule has 0 aliphatic carbocycles. The van der Waals surface area contributed by atoms with Crippen molar-refractivity contribution in [3.8, 4) is 11.5 Å². The number of rotatable bonds is 16. The Hall–Kier alpha value is -3.98. The molecule has 0 saturated carbocycles. The van der Waals surface area contributed by atoms with Crippen LogP contribution in [0.15, 0.2) is 18.2 Å². The Morgan fingerprint density at radius 3 is 1.58 bits per heavy atom. The highest BCUT2D eigenvalue weighted by Crippen LogP contribution is 2.32. The molecule has 20 unspecified atom stereocenters. The highest BCUT2D eigenvalue weighted by atomic mass is 16.7. The van der Waals surface area contributed by atoms with E-state index in [4.69, 9.17) is 42.6 Å². The Balaban J connectivity index is 0.000000309. The summed E-state index contributed by atoms with van der Waals surface area (Å²) < 4.78 is 48.7. The van der Waals surface area contributed by atoms with Gasteiger partial charge in [-0.3, -0.25) is 14.4 Å². The molecular formula is C40H63N3O24. The number of phenolic OH excluding ortho intramolecular Hbond substituents is 2. The quantitative estimate of drug-likeness (QED) is 0.0685. The number of nitrogens with one attached hydrogen (secondary N) is 3. The van der Waals surface area contributed by atoms with Crippen LogP contribution in [0, 0.1) is 0 Å². The van der Waals surface area contributed by atoms with Crippen LogP contribution in [0.5, 0.6) is 11.5 Å². The van der Waals surface area contributed by atoms with Gasteiger partial charge in [-0.05, 0) is 31.0 Å². The van der Waals surface area contributed by atoms with Crippen molar-refractivity contribution < 1.29 is 118 Å². The van der Waals surface area contributed by atoms with Crippen LogP contribution in [-0.4, -0.2) is 243 Å². The van der Waals surface area contributed by atoms with Crippen molar-refractivity contribution >= 4 is 23.7 Å². The van der Waals surface area contributed by atoms with Crippen LogP contribution in [0.1, 0.15) is 26.3 Å². The van der Waals surface area contributed by atoms with E-state index in [9.17, 15) is 75.3 Å². The summed E-state index contributed by atoms with van der Waals surface area (Å²) in [6.07, 6.45) is -25.1.